The van der Waals surface area contributed by atoms with Crippen molar-refractivity contribution in [3.8, 4) is 5.75 Å². The summed E-state index contributed by atoms with van der Waals surface area (Å²) in [7, 11) is 0. The van der Waals surface area contributed by atoms with Gasteiger partial charge < -0.3 is 10.1 Å². The summed E-state index contributed by atoms with van der Waals surface area (Å²) in [6, 6.07) is 17.9. The maximum atomic E-state index is 11.8. The third kappa shape index (κ3) is 6.29. The van der Waals surface area contributed by atoms with Gasteiger partial charge in [0.25, 0.3) is 0 Å². The molecule has 2 aromatic carbocycles. The van der Waals surface area contributed by atoms with Crippen LogP contribution in [-0.4, -0.2) is 19.1 Å². The van der Waals surface area contributed by atoms with Gasteiger partial charge in [-0.25, -0.2) is 0 Å². The molecule has 0 aliphatic rings. The summed E-state index contributed by atoms with van der Waals surface area (Å²) in [5.41, 5.74) is 2.22. The Labute approximate surface area is 144 Å². The Morgan fingerprint density at radius 2 is 1.83 bits per heavy atom. The fraction of sp³-hybridized carbons (Fsp3) is 0.286. The SMILES string of the molecule is CCCOc1ccccc1CCCNC(=O)/C=C/c1ccccc1. The lowest BCUT2D eigenvalue weighted by atomic mass is 10.1. The van der Waals surface area contributed by atoms with Crippen molar-refractivity contribution in [1.82, 2.24) is 5.32 Å². The minimum Gasteiger partial charge on any atom is -0.493 e. The quantitative estimate of drug-likeness (QED) is 0.554. The van der Waals surface area contributed by atoms with Crippen LogP contribution >= 0.6 is 0 Å². The highest BCUT2D eigenvalue weighted by Gasteiger charge is 2.03. The van der Waals surface area contributed by atoms with E-state index in [9.17, 15) is 4.79 Å². The number of benzene rings is 2. The van der Waals surface area contributed by atoms with Crippen molar-refractivity contribution < 1.29 is 9.53 Å². The van der Waals surface area contributed by atoms with Crippen LogP contribution in [0.4, 0.5) is 0 Å². The standard InChI is InChI=1S/C21H25NO2/c1-2-17-24-20-13-7-6-11-19(20)12-8-16-22-21(23)15-14-18-9-4-3-5-10-18/h3-7,9-11,13-15H,2,8,12,16-17H2,1H3,(H,22,23)/b15-14+. The zero-order valence-electron chi connectivity index (χ0n) is 14.2. The Morgan fingerprint density at radius 3 is 2.62 bits per heavy atom. The van der Waals surface area contributed by atoms with Gasteiger partial charge in [0.1, 0.15) is 5.75 Å². The summed E-state index contributed by atoms with van der Waals surface area (Å²) in [4.78, 5) is 11.8. The zero-order valence-corrected chi connectivity index (χ0v) is 14.2. The first-order chi connectivity index (χ1) is 11.8. The highest BCUT2D eigenvalue weighted by Crippen LogP contribution is 2.19. The molecule has 126 valence electrons. The minimum atomic E-state index is -0.0608. The third-order valence-corrected chi connectivity index (χ3v) is 3.58. The number of nitrogens with one attached hydrogen (secondary N) is 1. The van der Waals surface area contributed by atoms with E-state index in [4.69, 9.17) is 4.74 Å². The third-order valence-electron chi connectivity index (χ3n) is 3.58. The molecule has 2 rings (SSSR count). The molecule has 3 nitrogen and oxygen atoms in total. The van der Waals surface area contributed by atoms with Gasteiger partial charge in [0, 0.05) is 12.6 Å². The lowest BCUT2D eigenvalue weighted by Gasteiger charge is -2.10. The van der Waals surface area contributed by atoms with Crippen LogP contribution in [0.3, 0.4) is 0 Å². The Balaban J connectivity index is 1.73. The molecule has 1 amide bonds. The summed E-state index contributed by atoms with van der Waals surface area (Å²) in [5, 5.41) is 2.92. The molecule has 0 spiro atoms. The van der Waals surface area contributed by atoms with Crippen LogP contribution in [0.25, 0.3) is 6.08 Å². The number of hydrogen-bond donors (Lipinski definition) is 1. The fourth-order valence-corrected chi connectivity index (χ4v) is 2.35. The van der Waals surface area contributed by atoms with Crippen LogP contribution in [-0.2, 0) is 11.2 Å². The maximum absolute atomic E-state index is 11.8. The van der Waals surface area contributed by atoms with Crippen molar-refractivity contribution in [2.75, 3.05) is 13.2 Å². The average molecular weight is 323 g/mol. The van der Waals surface area contributed by atoms with E-state index in [1.54, 1.807) is 6.08 Å². The summed E-state index contributed by atoms with van der Waals surface area (Å²) in [6.07, 6.45) is 6.18. The highest BCUT2D eigenvalue weighted by molar-refractivity contribution is 5.91. The van der Waals surface area contributed by atoms with Gasteiger partial charge in [0.15, 0.2) is 0 Å². The smallest absolute Gasteiger partial charge is 0.243 e. The predicted octanol–water partition coefficient (Wildman–Crippen LogP) is 4.24. The van der Waals surface area contributed by atoms with Gasteiger partial charge in [-0.15, -0.1) is 0 Å². The van der Waals surface area contributed by atoms with E-state index in [2.05, 4.69) is 18.3 Å². The average Bonchev–Trinajstić information content (AvgIpc) is 2.63. The normalized spacial score (nSPS) is 10.7. The number of carbonyl (C=O) groups is 1. The number of hydrogen-bond acceptors (Lipinski definition) is 2. The topological polar surface area (TPSA) is 38.3 Å². The van der Waals surface area contributed by atoms with Crippen LogP contribution in [0, 0.1) is 0 Å². The fourth-order valence-electron chi connectivity index (χ4n) is 2.35. The van der Waals surface area contributed by atoms with Gasteiger partial charge in [0.2, 0.25) is 5.91 Å². The van der Waals surface area contributed by atoms with E-state index in [1.807, 2.05) is 54.6 Å². The summed E-state index contributed by atoms with van der Waals surface area (Å²) >= 11 is 0. The minimum absolute atomic E-state index is 0.0608. The molecular formula is C21H25NO2. The molecule has 3 heteroatoms. The first-order valence-corrected chi connectivity index (χ1v) is 8.51. The summed E-state index contributed by atoms with van der Waals surface area (Å²) < 4.78 is 5.75. The van der Waals surface area contributed by atoms with Crippen molar-refractivity contribution >= 4 is 12.0 Å². The van der Waals surface area contributed by atoms with E-state index in [0.717, 1.165) is 37.2 Å². The first kappa shape index (κ1) is 17.8. The zero-order chi connectivity index (χ0) is 17.0. The Bertz CT molecular complexity index is 650. The predicted molar refractivity (Wildman–Crippen MR) is 99.0 cm³/mol. The van der Waals surface area contributed by atoms with Gasteiger partial charge in [-0.3, -0.25) is 4.79 Å². The first-order valence-electron chi connectivity index (χ1n) is 8.51. The molecule has 0 fully saturated rings. The van der Waals surface area contributed by atoms with E-state index >= 15 is 0 Å². The molecule has 0 aliphatic carbocycles. The highest BCUT2D eigenvalue weighted by atomic mass is 16.5. The van der Waals surface area contributed by atoms with Crippen molar-refractivity contribution in [3.05, 3.63) is 71.8 Å². The van der Waals surface area contributed by atoms with Gasteiger partial charge in [0.05, 0.1) is 6.61 Å². The lowest BCUT2D eigenvalue weighted by Crippen LogP contribution is -2.22. The molecule has 0 heterocycles. The summed E-state index contributed by atoms with van der Waals surface area (Å²) in [5.74, 6) is 0.893. The number of para-hydroxylation sites is 1. The Kier molecular flexibility index (Phi) is 7.61. The largest absolute Gasteiger partial charge is 0.493 e. The second-order valence-electron chi connectivity index (χ2n) is 5.59. The van der Waals surface area contributed by atoms with Crippen LogP contribution in [0.2, 0.25) is 0 Å². The molecular weight excluding hydrogens is 298 g/mol. The van der Waals surface area contributed by atoms with Crippen LogP contribution in [0.5, 0.6) is 5.75 Å². The second kappa shape index (κ2) is 10.3. The van der Waals surface area contributed by atoms with Crippen LogP contribution in [0.1, 0.15) is 30.9 Å². The van der Waals surface area contributed by atoms with Gasteiger partial charge in [-0.1, -0.05) is 55.5 Å². The molecule has 0 aromatic heterocycles. The molecule has 0 unspecified atom stereocenters. The molecule has 2 aromatic rings. The Morgan fingerprint density at radius 1 is 1.08 bits per heavy atom. The Hall–Kier alpha value is -2.55. The number of ether oxygens (including phenoxy) is 1. The monoisotopic (exact) mass is 323 g/mol. The van der Waals surface area contributed by atoms with Crippen molar-refractivity contribution in [2.45, 2.75) is 26.2 Å². The molecule has 24 heavy (non-hydrogen) atoms. The molecule has 1 N–H and O–H groups in total. The molecule has 0 saturated carbocycles. The molecule has 0 atom stereocenters. The van der Waals surface area contributed by atoms with E-state index in [-0.39, 0.29) is 5.91 Å². The van der Waals surface area contributed by atoms with E-state index < -0.39 is 0 Å². The van der Waals surface area contributed by atoms with Crippen LogP contribution < -0.4 is 10.1 Å². The van der Waals surface area contributed by atoms with Crippen molar-refractivity contribution in [2.24, 2.45) is 0 Å². The maximum Gasteiger partial charge on any atom is 0.243 e. The van der Waals surface area contributed by atoms with Gasteiger partial charge in [-0.05, 0) is 42.5 Å². The number of aryl methyl sites for hydroxylation is 1. The second-order valence-corrected chi connectivity index (χ2v) is 5.59. The molecule has 0 radical (unpaired) electrons. The van der Waals surface area contributed by atoms with Gasteiger partial charge in [-0.2, -0.15) is 0 Å². The number of rotatable bonds is 9. The van der Waals surface area contributed by atoms with Crippen molar-refractivity contribution in [1.29, 1.82) is 0 Å². The molecule has 0 bridgehead atoms. The van der Waals surface area contributed by atoms with E-state index in [1.165, 1.54) is 5.56 Å². The van der Waals surface area contributed by atoms with Crippen molar-refractivity contribution in [3.63, 3.8) is 0 Å². The number of amides is 1. The lowest BCUT2D eigenvalue weighted by molar-refractivity contribution is -0.116. The van der Waals surface area contributed by atoms with Crippen LogP contribution in [0.15, 0.2) is 60.7 Å². The molecule has 0 aliphatic heterocycles. The summed E-state index contributed by atoms with van der Waals surface area (Å²) in [6.45, 7) is 3.49. The number of carbonyl (C=O) groups excluding carboxylic acids is 1. The van der Waals surface area contributed by atoms with E-state index in [0.29, 0.717) is 6.54 Å². The molecule has 0 saturated heterocycles. The van der Waals surface area contributed by atoms with Gasteiger partial charge >= 0.3 is 0 Å².